The molecule has 0 aliphatic carbocycles. The number of likely N-dealkylation sites (N-methyl/N-ethyl adjacent to an activating group) is 2. The molecular weight excluding hydrogens is 342 g/mol. The number of carbonyl (C=O) groups is 2. The van der Waals surface area contributed by atoms with Gasteiger partial charge in [0.25, 0.3) is 0 Å². The van der Waals surface area contributed by atoms with Crippen LogP contribution in [0.2, 0.25) is 0 Å². The van der Waals surface area contributed by atoms with Crippen LogP contribution in [0.4, 0.5) is 0 Å². The first-order valence-corrected chi connectivity index (χ1v) is 9.22. The van der Waals surface area contributed by atoms with E-state index in [4.69, 9.17) is 0 Å². The van der Waals surface area contributed by atoms with Gasteiger partial charge in [-0.3, -0.25) is 9.59 Å². The van der Waals surface area contributed by atoms with Gasteiger partial charge in [-0.1, -0.05) is 37.3 Å². The van der Waals surface area contributed by atoms with Gasteiger partial charge in [0, 0.05) is 46.7 Å². The lowest BCUT2D eigenvalue weighted by Crippen LogP contribution is -2.45. The molecule has 0 radical (unpaired) electrons. The number of guanidine groups is 1. The summed E-state index contributed by atoms with van der Waals surface area (Å²) < 4.78 is 0. The number of benzene rings is 1. The summed E-state index contributed by atoms with van der Waals surface area (Å²) in [5.41, 5.74) is 1.31. The summed E-state index contributed by atoms with van der Waals surface area (Å²) in [6.45, 7) is 4.07. The zero-order valence-corrected chi connectivity index (χ0v) is 17.0. The lowest BCUT2D eigenvalue weighted by molar-refractivity contribution is -0.127. The predicted octanol–water partition coefficient (Wildman–Crippen LogP) is 0.772. The van der Waals surface area contributed by atoms with E-state index in [2.05, 4.69) is 46.4 Å². The first-order valence-electron chi connectivity index (χ1n) is 9.22. The number of rotatable bonds is 5. The van der Waals surface area contributed by atoms with Gasteiger partial charge in [-0.2, -0.15) is 0 Å². The second-order valence-corrected chi connectivity index (χ2v) is 7.67. The zero-order chi connectivity index (χ0) is 20.0. The molecule has 148 valence electrons. The summed E-state index contributed by atoms with van der Waals surface area (Å²) in [6.07, 6.45) is 0.987. The lowest BCUT2D eigenvalue weighted by atomic mass is 9.82. The molecule has 1 aromatic rings. The van der Waals surface area contributed by atoms with Crippen molar-refractivity contribution in [1.82, 2.24) is 20.0 Å². The first kappa shape index (κ1) is 20.7. The third kappa shape index (κ3) is 5.45. The van der Waals surface area contributed by atoms with Crippen LogP contribution in [0.3, 0.4) is 0 Å². The number of hydrogen-bond donors (Lipinski definition) is 1. The highest BCUT2D eigenvalue weighted by Crippen LogP contribution is 2.33. The third-order valence-electron chi connectivity index (χ3n) is 5.00. The molecule has 7 nitrogen and oxygen atoms in total. The van der Waals surface area contributed by atoms with Gasteiger partial charge < -0.3 is 20.0 Å². The van der Waals surface area contributed by atoms with Crippen LogP contribution >= 0.6 is 0 Å². The summed E-state index contributed by atoms with van der Waals surface area (Å²) in [5.74, 6) is 0.505. The molecule has 2 rings (SSSR count). The van der Waals surface area contributed by atoms with Crippen LogP contribution < -0.4 is 5.32 Å². The van der Waals surface area contributed by atoms with Crippen molar-refractivity contribution in [2.45, 2.75) is 18.8 Å². The quantitative estimate of drug-likeness (QED) is 0.612. The Morgan fingerprint density at radius 3 is 2.33 bits per heavy atom. The van der Waals surface area contributed by atoms with Gasteiger partial charge in [0.1, 0.15) is 6.54 Å². The maximum absolute atomic E-state index is 12.0. The Labute approximate surface area is 162 Å². The van der Waals surface area contributed by atoms with Gasteiger partial charge in [-0.05, 0) is 12.0 Å². The monoisotopic (exact) mass is 373 g/mol. The number of amides is 2. The molecule has 0 saturated carbocycles. The fraction of sp³-hybridized carbons (Fsp3) is 0.550. The van der Waals surface area contributed by atoms with Crippen LogP contribution in [0.25, 0.3) is 0 Å². The topological polar surface area (TPSA) is 68.2 Å². The highest BCUT2D eigenvalue weighted by Gasteiger charge is 2.36. The molecule has 1 aliphatic heterocycles. The number of aliphatic imine (C=N–C) groups is 1. The van der Waals surface area contributed by atoms with Crippen LogP contribution in [-0.4, -0.2) is 86.8 Å². The summed E-state index contributed by atoms with van der Waals surface area (Å²) in [5, 5.41) is 3.14. The largest absolute Gasteiger partial charge is 0.347 e. The van der Waals surface area contributed by atoms with Crippen molar-refractivity contribution in [1.29, 1.82) is 0 Å². The second kappa shape index (κ2) is 8.88. The van der Waals surface area contributed by atoms with E-state index >= 15 is 0 Å². The summed E-state index contributed by atoms with van der Waals surface area (Å²) >= 11 is 0. The minimum atomic E-state index is -0.0711. The molecule has 0 bridgehead atoms. The van der Waals surface area contributed by atoms with E-state index in [1.54, 1.807) is 28.2 Å². The van der Waals surface area contributed by atoms with Gasteiger partial charge in [0.2, 0.25) is 11.8 Å². The fourth-order valence-corrected chi connectivity index (χ4v) is 3.08. The molecule has 1 aliphatic rings. The standard InChI is InChI=1S/C20H31N5O2/c1-20(16-9-7-6-8-10-16)11-12-25(15-20)19(21-13-17(26)23(2)3)22-14-18(27)24(4)5/h6-10H,11-15H2,1-5H3,(H,21,22). The van der Waals surface area contributed by atoms with E-state index in [0.29, 0.717) is 5.96 Å². The molecule has 1 saturated heterocycles. The van der Waals surface area contributed by atoms with Crippen molar-refractivity contribution in [2.24, 2.45) is 4.99 Å². The number of likely N-dealkylation sites (tertiary alicyclic amines) is 1. The van der Waals surface area contributed by atoms with Crippen LogP contribution in [0.15, 0.2) is 35.3 Å². The smallest absolute Gasteiger partial charge is 0.243 e. The molecule has 1 unspecified atom stereocenters. The van der Waals surface area contributed by atoms with Gasteiger partial charge in [-0.25, -0.2) is 4.99 Å². The SMILES string of the molecule is CN(C)C(=O)CN=C(NCC(=O)N(C)C)N1CCC(C)(c2ccccc2)C1. The van der Waals surface area contributed by atoms with Crippen LogP contribution in [0.1, 0.15) is 18.9 Å². The molecule has 1 N–H and O–H groups in total. The molecule has 1 aromatic carbocycles. The van der Waals surface area contributed by atoms with Crippen molar-refractivity contribution >= 4 is 17.8 Å². The Morgan fingerprint density at radius 1 is 1.11 bits per heavy atom. The van der Waals surface area contributed by atoms with Gasteiger partial charge in [-0.15, -0.1) is 0 Å². The van der Waals surface area contributed by atoms with Crippen molar-refractivity contribution < 1.29 is 9.59 Å². The van der Waals surface area contributed by atoms with E-state index in [1.165, 1.54) is 15.4 Å². The van der Waals surface area contributed by atoms with Crippen LogP contribution in [0.5, 0.6) is 0 Å². The molecule has 0 aromatic heterocycles. The molecule has 1 atom stereocenters. The van der Waals surface area contributed by atoms with Crippen molar-refractivity contribution in [3.63, 3.8) is 0 Å². The Hall–Kier alpha value is -2.57. The molecule has 7 heteroatoms. The van der Waals surface area contributed by atoms with Gasteiger partial charge in [0.15, 0.2) is 5.96 Å². The van der Waals surface area contributed by atoms with Crippen LogP contribution in [0, 0.1) is 0 Å². The van der Waals surface area contributed by atoms with Crippen molar-refractivity contribution in [2.75, 3.05) is 54.4 Å². The highest BCUT2D eigenvalue weighted by molar-refractivity contribution is 5.88. The van der Waals surface area contributed by atoms with E-state index in [0.717, 1.165) is 19.5 Å². The third-order valence-corrected chi connectivity index (χ3v) is 5.00. The Balaban J connectivity index is 2.14. The average molecular weight is 374 g/mol. The maximum atomic E-state index is 12.0. The Morgan fingerprint density at radius 2 is 1.74 bits per heavy atom. The molecule has 1 fully saturated rings. The number of nitrogens with one attached hydrogen (secondary N) is 1. The average Bonchev–Trinajstić information content (AvgIpc) is 3.05. The van der Waals surface area contributed by atoms with E-state index < -0.39 is 0 Å². The van der Waals surface area contributed by atoms with Crippen LogP contribution in [-0.2, 0) is 15.0 Å². The predicted molar refractivity (Wildman–Crippen MR) is 108 cm³/mol. The number of nitrogens with zero attached hydrogens (tertiary/aromatic N) is 4. The summed E-state index contributed by atoms with van der Waals surface area (Å²) in [7, 11) is 6.86. The number of carbonyl (C=O) groups excluding carboxylic acids is 2. The normalized spacial score (nSPS) is 19.7. The summed E-state index contributed by atoms with van der Waals surface area (Å²) in [4.78, 5) is 33.6. The molecule has 0 spiro atoms. The minimum absolute atomic E-state index is 0.0147. The van der Waals surface area contributed by atoms with E-state index in [1.807, 2.05) is 6.07 Å². The molecule has 2 amide bonds. The van der Waals surface area contributed by atoms with Crippen molar-refractivity contribution in [3.05, 3.63) is 35.9 Å². The fourth-order valence-electron chi connectivity index (χ4n) is 3.08. The Kier molecular flexibility index (Phi) is 6.82. The molecule has 1 heterocycles. The van der Waals surface area contributed by atoms with Crippen molar-refractivity contribution in [3.8, 4) is 0 Å². The van der Waals surface area contributed by atoms with Gasteiger partial charge >= 0.3 is 0 Å². The Bertz CT molecular complexity index is 687. The summed E-state index contributed by atoms with van der Waals surface area (Å²) in [6, 6.07) is 10.4. The second-order valence-electron chi connectivity index (χ2n) is 7.67. The maximum Gasteiger partial charge on any atom is 0.243 e. The molecular formula is C20H31N5O2. The van der Waals surface area contributed by atoms with E-state index in [-0.39, 0.29) is 30.3 Å². The first-order chi connectivity index (χ1) is 12.7. The highest BCUT2D eigenvalue weighted by atomic mass is 16.2. The lowest BCUT2D eigenvalue weighted by Gasteiger charge is -2.27. The number of hydrogen-bond acceptors (Lipinski definition) is 3. The van der Waals surface area contributed by atoms with Gasteiger partial charge in [0.05, 0.1) is 6.54 Å². The molecule has 27 heavy (non-hydrogen) atoms. The van der Waals surface area contributed by atoms with E-state index in [9.17, 15) is 9.59 Å². The minimum Gasteiger partial charge on any atom is -0.347 e. The zero-order valence-electron chi connectivity index (χ0n) is 17.0.